The highest BCUT2D eigenvalue weighted by Gasteiger charge is 2.34. The Morgan fingerprint density at radius 1 is 0.789 bits per heavy atom. The van der Waals surface area contributed by atoms with Gasteiger partial charge in [-0.2, -0.15) is 0 Å². The van der Waals surface area contributed by atoms with Gasteiger partial charge in [0.05, 0.1) is 13.2 Å². The van der Waals surface area contributed by atoms with E-state index in [9.17, 15) is 0 Å². The summed E-state index contributed by atoms with van der Waals surface area (Å²) in [4.78, 5) is 0. The van der Waals surface area contributed by atoms with E-state index in [2.05, 4.69) is 6.92 Å². The Labute approximate surface area is 118 Å². The summed E-state index contributed by atoms with van der Waals surface area (Å²) in [5, 5.41) is 8.94. The zero-order chi connectivity index (χ0) is 13.8. The first kappa shape index (κ1) is 16.9. The highest BCUT2D eigenvalue weighted by molar-refractivity contribution is 4.74. The van der Waals surface area contributed by atoms with Gasteiger partial charge in [0.1, 0.15) is 0 Å². The smallest absolute Gasteiger partial charge is 0.168 e. The molecule has 1 rings (SSSR count). The van der Waals surface area contributed by atoms with Gasteiger partial charge >= 0.3 is 0 Å². The minimum atomic E-state index is -0.370. The maximum atomic E-state index is 8.94. The first-order valence-electron chi connectivity index (χ1n) is 8.22. The Morgan fingerprint density at radius 2 is 1.32 bits per heavy atom. The monoisotopic (exact) mass is 272 g/mol. The van der Waals surface area contributed by atoms with E-state index in [-0.39, 0.29) is 12.4 Å². The molecule has 0 atom stereocenters. The van der Waals surface area contributed by atoms with E-state index in [1.807, 2.05) is 0 Å². The fraction of sp³-hybridized carbons (Fsp3) is 1.00. The molecule has 0 amide bonds. The first-order chi connectivity index (χ1) is 9.33. The van der Waals surface area contributed by atoms with Gasteiger partial charge in [-0.05, 0) is 12.8 Å². The van der Waals surface area contributed by atoms with Gasteiger partial charge in [0.2, 0.25) is 0 Å². The molecule has 1 fully saturated rings. The maximum absolute atomic E-state index is 8.94. The Hall–Kier alpha value is -0.120. The van der Waals surface area contributed by atoms with Crippen LogP contribution in [0.5, 0.6) is 0 Å². The molecule has 0 aromatic heterocycles. The number of unbranched alkanes of at least 4 members (excludes halogenated alkanes) is 7. The number of aliphatic hydroxyl groups excluding tert-OH is 1. The highest BCUT2D eigenvalue weighted by atomic mass is 16.7. The fourth-order valence-corrected chi connectivity index (χ4v) is 2.79. The molecule has 0 spiro atoms. The van der Waals surface area contributed by atoms with Crippen LogP contribution in [0.2, 0.25) is 0 Å². The Kier molecular flexibility index (Phi) is 9.48. The molecule has 0 unspecified atom stereocenters. The Bertz CT molecular complexity index is 200. The van der Waals surface area contributed by atoms with Crippen LogP contribution in [0.25, 0.3) is 0 Å². The van der Waals surface area contributed by atoms with Crippen molar-refractivity contribution in [3.05, 3.63) is 0 Å². The van der Waals surface area contributed by atoms with Crippen LogP contribution in [-0.4, -0.2) is 30.7 Å². The molecule has 1 aliphatic heterocycles. The van der Waals surface area contributed by atoms with Crippen molar-refractivity contribution in [2.75, 3.05) is 19.8 Å². The molecule has 19 heavy (non-hydrogen) atoms. The average molecular weight is 272 g/mol. The number of ether oxygens (including phenoxy) is 2. The maximum Gasteiger partial charge on any atom is 0.168 e. The first-order valence-corrected chi connectivity index (χ1v) is 8.22. The van der Waals surface area contributed by atoms with E-state index in [1.165, 1.54) is 51.4 Å². The molecule has 0 bridgehead atoms. The van der Waals surface area contributed by atoms with Crippen molar-refractivity contribution in [3.63, 3.8) is 0 Å². The third-order valence-electron chi connectivity index (χ3n) is 3.94. The van der Waals surface area contributed by atoms with Gasteiger partial charge in [-0.25, -0.2) is 0 Å². The second kappa shape index (κ2) is 10.6. The zero-order valence-electron chi connectivity index (χ0n) is 12.7. The van der Waals surface area contributed by atoms with Gasteiger partial charge in [0, 0.05) is 19.4 Å². The lowest BCUT2D eigenvalue weighted by atomic mass is 10.0. The van der Waals surface area contributed by atoms with Gasteiger partial charge in [-0.1, -0.05) is 51.9 Å². The van der Waals surface area contributed by atoms with Crippen LogP contribution in [0.3, 0.4) is 0 Å². The van der Waals surface area contributed by atoms with Crippen molar-refractivity contribution in [2.24, 2.45) is 0 Å². The molecule has 1 heterocycles. The molecule has 0 radical (unpaired) electrons. The topological polar surface area (TPSA) is 38.7 Å². The van der Waals surface area contributed by atoms with E-state index in [1.54, 1.807) is 0 Å². The van der Waals surface area contributed by atoms with E-state index in [4.69, 9.17) is 14.6 Å². The quantitative estimate of drug-likeness (QED) is 0.545. The van der Waals surface area contributed by atoms with Crippen LogP contribution >= 0.6 is 0 Å². The van der Waals surface area contributed by atoms with Gasteiger partial charge in [-0.15, -0.1) is 0 Å². The van der Waals surface area contributed by atoms with Crippen LogP contribution in [-0.2, 0) is 9.47 Å². The van der Waals surface area contributed by atoms with E-state index in [0.29, 0.717) is 13.2 Å². The van der Waals surface area contributed by atoms with Gasteiger partial charge < -0.3 is 14.6 Å². The minimum absolute atomic E-state index is 0.228. The number of hydrogen-bond acceptors (Lipinski definition) is 3. The number of hydrogen-bond donors (Lipinski definition) is 1. The standard InChI is InChI=1S/C16H32O3/c1-2-3-4-5-6-7-8-9-11-16(12-10-13-17)18-14-15-19-16/h17H,2-15H2,1H3. The lowest BCUT2D eigenvalue weighted by Gasteiger charge is -2.27. The predicted octanol–water partition coefficient (Wildman–Crippen LogP) is 4.03. The van der Waals surface area contributed by atoms with E-state index < -0.39 is 0 Å². The summed E-state index contributed by atoms with van der Waals surface area (Å²) in [6, 6.07) is 0. The lowest BCUT2D eigenvalue weighted by Crippen LogP contribution is -2.30. The van der Waals surface area contributed by atoms with Gasteiger partial charge in [0.25, 0.3) is 0 Å². The predicted molar refractivity (Wildman–Crippen MR) is 78.2 cm³/mol. The van der Waals surface area contributed by atoms with Crippen LogP contribution in [0.1, 0.15) is 77.6 Å². The minimum Gasteiger partial charge on any atom is -0.396 e. The van der Waals surface area contributed by atoms with E-state index in [0.717, 1.165) is 19.3 Å². The second-order valence-electron chi connectivity index (χ2n) is 5.66. The van der Waals surface area contributed by atoms with Crippen LogP contribution in [0.15, 0.2) is 0 Å². The largest absolute Gasteiger partial charge is 0.396 e. The second-order valence-corrected chi connectivity index (χ2v) is 5.66. The summed E-state index contributed by atoms with van der Waals surface area (Å²) >= 11 is 0. The lowest BCUT2D eigenvalue weighted by molar-refractivity contribution is -0.169. The molecule has 114 valence electrons. The average Bonchev–Trinajstić information content (AvgIpc) is 2.89. The molecular formula is C16H32O3. The summed E-state index contributed by atoms with van der Waals surface area (Å²) in [7, 11) is 0. The van der Waals surface area contributed by atoms with Crippen molar-refractivity contribution < 1.29 is 14.6 Å². The SMILES string of the molecule is CCCCCCCCCCC1(CCCO)OCCO1. The van der Waals surface area contributed by atoms with Crippen LogP contribution in [0, 0.1) is 0 Å². The molecule has 0 saturated carbocycles. The summed E-state index contributed by atoms with van der Waals surface area (Å²) in [5.74, 6) is -0.370. The van der Waals surface area contributed by atoms with Gasteiger partial charge in [-0.3, -0.25) is 0 Å². The summed E-state index contributed by atoms with van der Waals surface area (Å²) in [6.07, 6.45) is 13.2. The molecule has 3 nitrogen and oxygen atoms in total. The van der Waals surface area contributed by atoms with Crippen molar-refractivity contribution in [3.8, 4) is 0 Å². The van der Waals surface area contributed by atoms with E-state index >= 15 is 0 Å². The molecule has 1 saturated heterocycles. The summed E-state index contributed by atoms with van der Waals surface area (Å²) < 4.78 is 11.5. The van der Waals surface area contributed by atoms with Crippen molar-refractivity contribution >= 4 is 0 Å². The molecule has 1 aliphatic rings. The summed E-state index contributed by atoms with van der Waals surface area (Å²) in [6.45, 7) is 3.91. The van der Waals surface area contributed by atoms with Crippen molar-refractivity contribution in [1.82, 2.24) is 0 Å². The molecular weight excluding hydrogens is 240 g/mol. The summed E-state index contributed by atoms with van der Waals surface area (Å²) in [5.41, 5.74) is 0. The Balaban J connectivity index is 2.02. The molecule has 0 aliphatic carbocycles. The third-order valence-corrected chi connectivity index (χ3v) is 3.94. The van der Waals surface area contributed by atoms with Crippen molar-refractivity contribution in [2.45, 2.75) is 83.3 Å². The highest BCUT2D eigenvalue weighted by Crippen LogP contribution is 2.30. The van der Waals surface area contributed by atoms with Crippen molar-refractivity contribution in [1.29, 1.82) is 0 Å². The number of rotatable bonds is 12. The Morgan fingerprint density at radius 3 is 1.89 bits per heavy atom. The van der Waals surface area contributed by atoms with Gasteiger partial charge in [0.15, 0.2) is 5.79 Å². The zero-order valence-corrected chi connectivity index (χ0v) is 12.7. The third kappa shape index (κ3) is 7.28. The molecule has 0 aromatic rings. The molecule has 1 N–H and O–H groups in total. The normalized spacial score (nSPS) is 18.0. The van der Waals surface area contributed by atoms with Crippen LogP contribution in [0.4, 0.5) is 0 Å². The fourth-order valence-electron chi connectivity index (χ4n) is 2.79. The molecule has 3 heteroatoms. The van der Waals surface area contributed by atoms with Crippen LogP contribution < -0.4 is 0 Å². The molecule has 0 aromatic carbocycles. The number of aliphatic hydroxyl groups is 1.